The van der Waals surface area contributed by atoms with Crippen molar-refractivity contribution in [2.24, 2.45) is 5.92 Å². The normalized spacial score (nSPS) is 17.0. The molecule has 27 heavy (non-hydrogen) atoms. The fourth-order valence-electron chi connectivity index (χ4n) is 3.50. The van der Waals surface area contributed by atoms with Crippen LogP contribution in [0.5, 0.6) is 17.2 Å². The van der Waals surface area contributed by atoms with Gasteiger partial charge in [0.1, 0.15) is 5.60 Å². The molecule has 1 aliphatic rings. The lowest BCUT2D eigenvalue weighted by atomic mass is 9.94. The van der Waals surface area contributed by atoms with E-state index >= 15 is 0 Å². The van der Waals surface area contributed by atoms with Crippen LogP contribution in [0.25, 0.3) is 0 Å². The van der Waals surface area contributed by atoms with E-state index in [1.54, 1.807) is 20.3 Å². The second-order valence-electron chi connectivity index (χ2n) is 7.83. The fourth-order valence-corrected chi connectivity index (χ4v) is 3.50. The van der Waals surface area contributed by atoms with Crippen molar-refractivity contribution in [1.82, 2.24) is 0 Å². The molecule has 1 aromatic carbocycles. The van der Waals surface area contributed by atoms with Crippen molar-refractivity contribution in [3.8, 4) is 17.2 Å². The molecule has 0 heterocycles. The molecule has 150 valence electrons. The Labute approximate surface area is 161 Å². The third-order valence-corrected chi connectivity index (χ3v) is 4.69. The van der Waals surface area contributed by atoms with Gasteiger partial charge in [-0.2, -0.15) is 0 Å². The van der Waals surface area contributed by atoms with Crippen molar-refractivity contribution < 1.29 is 28.5 Å². The largest absolute Gasteiger partial charge is 0.493 e. The maximum Gasteiger partial charge on any atom is 0.306 e. The van der Waals surface area contributed by atoms with E-state index in [9.17, 15) is 9.59 Å². The SMILES string of the molecule is COc1cc2c(c(OC)c1OC)CC[C@@H](CCC(=O)OC(C)(C)C)CC2=O. The minimum atomic E-state index is -0.493. The minimum absolute atomic E-state index is 0.0379. The summed E-state index contributed by atoms with van der Waals surface area (Å²) in [5.41, 5.74) is 0.969. The highest BCUT2D eigenvalue weighted by Gasteiger charge is 2.29. The molecule has 0 saturated carbocycles. The lowest BCUT2D eigenvalue weighted by Gasteiger charge is -2.20. The van der Waals surface area contributed by atoms with Crippen LogP contribution in [-0.4, -0.2) is 38.7 Å². The molecule has 0 amide bonds. The molecule has 0 unspecified atom stereocenters. The van der Waals surface area contributed by atoms with E-state index in [-0.39, 0.29) is 17.7 Å². The van der Waals surface area contributed by atoms with Crippen molar-refractivity contribution >= 4 is 11.8 Å². The van der Waals surface area contributed by atoms with Crippen molar-refractivity contribution in [3.63, 3.8) is 0 Å². The first-order valence-corrected chi connectivity index (χ1v) is 9.27. The van der Waals surface area contributed by atoms with Crippen LogP contribution in [0.3, 0.4) is 0 Å². The van der Waals surface area contributed by atoms with Crippen LogP contribution in [0.4, 0.5) is 0 Å². The number of ketones is 1. The average Bonchev–Trinajstić information content (AvgIpc) is 2.75. The highest BCUT2D eigenvalue weighted by atomic mass is 16.6. The third kappa shape index (κ3) is 5.15. The van der Waals surface area contributed by atoms with Crippen molar-refractivity contribution in [1.29, 1.82) is 0 Å². The van der Waals surface area contributed by atoms with Crippen LogP contribution in [-0.2, 0) is 16.0 Å². The highest BCUT2D eigenvalue weighted by Crippen LogP contribution is 2.44. The lowest BCUT2D eigenvalue weighted by Crippen LogP contribution is -2.24. The highest BCUT2D eigenvalue weighted by molar-refractivity contribution is 5.99. The number of rotatable bonds is 6. The first-order valence-electron chi connectivity index (χ1n) is 9.27. The number of Topliss-reactive ketones (excluding diaryl/α,β-unsaturated/α-hetero) is 1. The minimum Gasteiger partial charge on any atom is -0.493 e. The molecular weight excluding hydrogens is 348 g/mol. The maximum atomic E-state index is 12.9. The first-order chi connectivity index (χ1) is 12.7. The first kappa shape index (κ1) is 21.1. The molecule has 1 atom stereocenters. The van der Waals surface area contributed by atoms with Crippen LogP contribution in [0.15, 0.2) is 6.07 Å². The van der Waals surface area contributed by atoms with Gasteiger partial charge in [0.15, 0.2) is 17.3 Å². The van der Waals surface area contributed by atoms with E-state index < -0.39 is 5.60 Å². The van der Waals surface area contributed by atoms with Gasteiger partial charge in [0.05, 0.1) is 21.3 Å². The molecule has 6 nitrogen and oxygen atoms in total. The molecule has 0 radical (unpaired) electrons. The molecule has 0 saturated heterocycles. The molecular formula is C21H30O6. The predicted octanol–water partition coefficient (Wildman–Crippen LogP) is 3.97. The van der Waals surface area contributed by atoms with Gasteiger partial charge in [0, 0.05) is 24.0 Å². The summed E-state index contributed by atoms with van der Waals surface area (Å²) in [6.07, 6.45) is 2.83. The summed E-state index contributed by atoms with van der Waals surface area (Å²) in [6.45, 7) is 5.55. The second kappa shape index (κ2) is 8.63. The Hall–Kier alpha value is -2.24. The summed E-state index contributed by atoms with van der Waals surface area (Å²) in [4.78, 5) is 24.9. The van der Waals surface area contributed by atoms with E-state index in [1.807, 2.05) is 20.8 Å². The van der Waals surface area contributed by atoms with Gasteiger partial charge in [-0.3, -0.25) is 9.59 Å². The number of hydrogen-bond donors (Lipinski definition) is 0. The number of ether oxygens (including phenoxy) is 4. The number of carbonyl (C=O) groups excluding carboxylic acids is 2. The zero-order chi connectivity index (χ0) is 20.2. The lowest BCUT2D eigenvalue weighted by molar-refractivity contribution is -0.155. The zero-order valence-corrected chi connectivity index (χ0v) is 17.1. The Morgan fingerprint density at radius 2 is 1.78 bits per heavy atom. The number of methoxy groups -OCH3 is 3. The Kier molecular flexibility index (Phi) is 6.73. The van der Waals surface area contributed by atoms with Gasteiger partial charge in [-0.05, 0) is 52.0 Å². The number of fused-ring (bicyclic) bond motifs is 1. The molecule has 0 N–H and O–H groups in total. The van der Waals surface area contributed by atoms with E-state index in [1.165, 1.54) is 7.11 Å². The molecule has 1 aliphatic carbocycles. The quantitative estimate of drug-likeness (QED) is 0.551. The summed E-state index contributed by atoms with van der Waals surface area (Å²) in [5, 5.41) is 0. The molecule has 0 aromatic heterocycles. The summed E-state index contributed by atoms with van der Waals surface area (Å²) in [7, 11) is 4.65. The Balaban J connectivity index is 2.18. The summed E-state index contributed by atoms with van der Waals surface area (Å²) >= 11 is 0. The van der Waals surface area contributed by atoms with E-state index in [0.717, 1.165) is 12.0 Å². The van der Waals surface area contributed by atoms with Gasteiger partial charge in [-0.15, -0.1) is 0 Å². The molecule has 0 bridgehead atoms. The number of hydrogen-bond acceptors (Lipinski definition) is 6. The van der Waals surface area contributed by atoms with Gasteiger partial charge in [0.25, 0.3) is 0 Å². The van der Waals surface area contributed by atoms with Crippen LogP contribution in [0.2, 0.25) is 0 Å². The van der Waals surface area contributed by atoms with Gasteiger partial charge < -0.3 is 18.9 Å². The predicted molar refractivity (Wildman–Crippen MR) is 102 cm³/mol. The van der Waals surface area contributed by atoms with Crippen LogP contribution < -0.4 is 14.2 Å². The molecule has 2 rings (SSSR count). The molecule has 0 aliphatic heterocycles. The fraction of sp³-hybridized carbons (Fsp3) is 0.619. The van der Waals surface area contributed by atoms with Gasteiger partial charge in [-0.25, -0.2) is 0 Å². The van der Waals surface area contributed by atoms with E-state index in [4.69, 9.17) is 18.9 Å². The molecule has 0 fully saturated rings. The number of benzene rings is 1. The molecule has 6 heteroatoms. The smallest absolute Gasteiger partial charge is 0.306 e. The Morgan fingerprint density at radius 3 is 2.33 bits per heavy atom. The van der Waals surface area contributed by atoms with Crippen LogP contribution in [0, 0.1) is 5.92 Å². The monoisotopic (exact) mass is 378 g/mol. The standard InChI is InChI=1S/C21H30O6/c1-21(2,3)27-18(23)10-8-13-7-9-14-15(16(22)11-13)12-17(24-4)20(26-6)19(14)25-5/h12-13H,7-11H2,1-6H3/t13-/m0/s1. The third-order valence-electron chi connectivity index (χ3n) is 4.69. The van der Waals surface area contributed by atoms with Crippen molar-refractivity contribution in [3.05, 3.63) is 17.2 Å². The van der Waals surface area contributed by atoms with E-state index in [0.29, 0.717) is 48.5 Å². The molecule has 0 spiro atoms. The second-order valence-corrected chi connectivity index (χ2v) is 7.83. The van der Waals surface area contributed by atoms with Gasteiger partial charge in [-0.1, -0.05) is 0 Å². The number of esters is 1. The summed E-state index contributed by atoms with van der Waals surface area (Å²) in [6, 6.07) is 1.73. The van der Waals surface area contributed by atoms with Gasteiger partial charge >= 0.3 is 5.97 Å². The maximum absolute atomic E-state index is 12.9. The van der Waals surface area contributed by atoms with Crippen molar-refractivity contribution in [2.45, 2.75) is 58.5 Å². The number of carbonyl (C=O) groups is 2. The topological polar surface area (TPSA) is 71.1 Å². The summed E-state index contributed by atoms with van der Waals surface area (Å²) in [5.74, 6) is 1.47. The van der Waals surface area contributed by atoms with Crippen molar-refractivity contribution in [2.75, 3.05) is 21.3 Å². The van der Waals surface area contributed by atoms with Gasteiger partial charge in [0.2, 0.25) is 5.75 Å². The average molecular weight is 378 g/mol. The molecule has 1 aromatic rings. The van der Waals surface area contributed by atoms with E-state index in [2.05, 4.69) is 0 Å². The Morgan fingerprint density at radius 1 is 1.11 bits per heavy atom. The summed E-state index contributed by atoms with van der Waals surface area (Å²) < 4.78 is 21.7. The van der Waals surface area contributed by atoms with Crippen LogP contribution in [0.1, 0.15) is 62.4 Å². The zero-order valence-electron chi connectivity index (χ0n) is 17.1. The Bertz CT molecular complexity index is 702. The van der Waals surface area contributed by atoms with Crippen LogP contribution >= 0.6 is 0 Å².